The lowest BCUT2D eigenvalue weighted by Gasteiger charge is -2.33. The molecule has 0 saturated heterocycles. The first kappa shape index (κ1) is 18.6. The highest BCUT2D eigenvalue weighted by molar-refractivity contribution is 5.92. The van der Waals surface area contributed by atoms with Crippen molar-refractivity contribution in [2.45, 2.75) is 19.4 Å². The maximum Gasteiger partial charge on any atom is 0.292 e. The number of nitrogens with zero attached hydrogens (tertiary/aromatic N) is 7. The first-order valence-corrected chi connectivity index (χ1v) is 10.3. The Hall–Kier alpha value is -4.21. The average Bonchev–Trinajstić information content (AvgIpc) is 3.57. The van der Waals surface area contributed by atoms with E-state index in [4.69, 9.17) is 9.52 Å². The molecule has 10 nitrogen and oxygen atoms in total. The second-order valence-corrected chi connectivity index (χ2v) is 7.91. The molecule has 32 heavy (non-hydrogen) atoms. The van der Waals surface area contributed by atoms with Gasteiger partial charge in [0.05, 0.1) is 29.4 Å². The van der Waals surface area contributed by atoms with Crippen molar-refractivity contribution in [3.63, 3.8) is 0 Å². The number of hydrogen-bond acceptors (Lipinski definition) is 6. The molecule has 10 heteroatoms. The number of oxazole rings is 1. The van der Waals surface area contributed by atoms with Crippen LogP contribution in [-0.2, 0) is 13.5 Å². The first-order valence-electron chi connectivity index (χ1n) is 10.3. The summed E-state index contributed by atoms with van der Waals surface area (Å²) in [5, 5.41) is 9.06. The zero-order valence-corrected chi connectivity index (χ0v) is 17.6. The van der Waals surface area contributed by atoms with Crippen molar-refractivity contribution in [3.05, 3.63) is 77.6 Å². The molecule has 5 aromatic heterocycles. The third-order valence-corrected chi connectivity index (χ3v) is 5.85. The number of aromatic nitrogens is 7. The van der Waals surface area contributed by atoms with Gasteiger partial charge >= 0.3 is 0 Å². The maximum atomic E-state index is 13.5. The van der Waals surface area contributed by atoms with Crippen molar-refractivity contribution < 1.29 is 9.21 Å². The van der Waals surface area contributed by atoms with Crippen LogP contribution in [0.2, 0.25) is 0 Å². The fraction of sp³-hybridized carbons (Fsp3) is 0.227. The molecule has 1 aliphatic rings. The molecule has 1 amide bonds. The highest BCUT2D eigenvalue weighted by atomic mass is 16.4. The second-order valence-electron chi connectivity index (χ2n) is 7.91. The monoisotopic (exact) mass is 428 g/mol. The van der Waals surface area contributed by atoms with Crippen LogP contribution < -0.4 is 0 Å². The van der Waals surface area contributed by atoms with E-state index in [1.54, 1.807) is 28.2 Å². The third kappa shape index (κ3) is 2.83. The van der Waals surface area contributed by atoms with Crippen LogP contribution in [0.4, 0.5) is 0 Å². The summed E-state index contributed by atoms with van der Waals surface area (Å²) in [5.74, 6) is 0.216. The van der Waals surface area contributed by atoms with E-state index in [-0.39, 0.29) is 11.7 Å². The molecule has 0 unspecified atom stereocenters. The Morgan fingerprint density at radius 2 is 2.12 bits per heavy atom. The van der Waals surface area contributed by atoms with Crippen molar-refractivity contribution in [2.24, 2.45) is 7.05 Å². The van der Waals surface area contributed by atoms with Gasteiger partial charge in [0.25, 0.3) is 5.91 Å². The van der Waals surface area contributed by atoms with Crippen molar-refractivity contribution in [1.82, 2.24) is 39.2 Å². The zero-order chi connectivity index (χ0) is 21.8. The van der Waals surface area contributed by atoms with Crippen molar-refractivity contribution in [3.8, 4) is 11.6 Å². The molecule has 6 heterocycles. The number of imidazole rings is 1. The molecule has 0 saturated carbocycles. The number of aryl methyl sites for hydroxylation is 2. The van der Waals surface area contributed by atoms with Crippen LogP contribution >= 0.6 is 0 Å². The molecule has 0 spiro atoms. The highest BCUT2D eigenvalue weighted by Gasteiger charge is 2.37. The van der Waals surface area contributed by atoms with Gasteiger partial charge in [-0.25, -0.2) is 14.5 Å². The van der Waals surface area contributed by atoms with E-state index >= 15 is 0 Å². The standard InChI is InChI=1S/C22H20N8O2/c1-13-4-3-7-30-17(13)10-16(27-30)20-19-14(24-12-25-19)6-9-29(20)22(31)18-11-23-21(32-18)15-5-8-28(2)26-15/h3-5,7-8,10-12,20H,6,9H2,1-2H3,(H,24,25)/t20-/m0/s1. The van der Waals surface area contributed by atoms with Crippen LogP contribution in [0.5, 0.6) is 0 Å². The summed E-state index contributed by atoms with van der Waals surface area (Å²) in [7, 11) is 1.81. The van der Waals surface area contributed by atoms with Gasteiger partial charge in [-0.1, -0.05) is 6.07 Å². The van der Waals surface area contributed by atoms with E-state index in [2.05, 4.69) is 20.1 Å². The van der Waals surface area contributed by atoms with E-state index in [0.29, 0.717) is 24.6 Å². The third-order valence-electron chi connectivity index (χ3n) is 5.85. The molecule has 160 valence electrons. The van der Waals surface area contributed by atoms with Crippen LogP contribution in [0.3, 0.4) is 0 Å². The lowest BCUT2D eigenvalue weighted by atomic mass is 9.99. The Balaban J connectivity index is 1.41. The molecule has 1 N–H and O–H groups in total. The Kier molecular flexibility index (Phi) is 4.00. The summed E-state index contributed by atoms with van der Waals surface area (Å²) >= 11 is 0. The van der Waals surface area contributed by atoms with Gasteiger partial charge in [0, 0.05) is 38.1 Å². The Morgan fingerprint density at radius 3 is 2.94 bits per heavy atom. The van der Waals surface area contributed by atoms with Crippen LogP contribution in [0, 0.1) is 6.92 Å². The van der Waals surface area contributed by atoms with Crippen LogP contribution in [0.15, 0.2) is 53.6 Å². The zero-order valence-electron chi connectivity index (χ0n) is 17.6. The molecule has 5 aromatic rings. The van der Waals surface area contributed by atoms with Gasteiger partial charge in [-0.2, -0.15) is 10.2 Å². The molecule has 0 aromatic carbocycles. The molecular formula is C22H20N8O2. The van der Waals surface area contributed by atoms with Gasteiger partial charge in [-0.15, -0.1) is 0 Å². The molecule has 1 atom stereocenters. The largest absolute Gasteiger partial charge is 0.429 e. The number of amides is 1. The maximum absolute atomic E-state index is 13.5. The normalized spacial score (nSPS) is 15.9. The number of carbonyl (C=O) groups excluding carboxylic acids is 1. The van der Waals surface area contributed by atoms with Crippen LogP contribution in [0.1, 0.15) is 39.2 Å². The van der Waals surface area contributed by atoms with Crippen molar-refractivity contribution in [2.75, 3.05) is 6.54 Å². The lowest BCUT2D eigenvalue weighted by molar-refractivity contribution is 0.0655. The average molecular weight is 428 g/mol. The predicted octanol–water partition coefficient (Wildman–Crippen LogP) is 2.54. The number of H-pyrrole nitrogens is 1. The quantitative estimate of drug-likeness (QED) is 0.473. The van der Waals surface area contributed by atoms with E-state index in [1.807, 2.05) is 42.9 Å². The van der Waals surface area contributed by atoms with Gasteiger partial charge in [-0.3, -0.25) is 9.48 Å². The molecular weight excluding hydrogens is 408 g/mol. The van der Waals surface area contributed by atoms with Gasteiger partial charge < -0.3 is 14.3 Å². The van der Waals surface area contributed by atoms with E-state index < -0.39 is 6.04 Å². The minimum Gasteiger partial charge on any atom is -0.429 e. The molecule has 0 fully saturated rings. The molecule has 1 aliphatic heterocycles. The van der Waals surface area contributed by atoms with Crippen LogP contribution in [0.25, 0.3) is 17.1 Å². The minimum atomic E-state index is -0.430. The molecule has 6 rings (SSSR count). The van der Waals surface area contributed by atoms with Crippen LogP contribution in [-0.4, -0.2) is 51.7 Å². The number of carbonyl (C=O) groups is 1. The number of nitrogens with one attached hydrogen (secondary N) is 1. The fourth-order valence-corrected chi connectivity index (χ4v) is 4.27. The predicted molar refractivity (Wildman–Crippen MR) is 114 cm³/mol. The fourth-order valence-electron chi connectivity index (χ4n) is 4.27. The van der Waals surface area contributed by atoms with Gasteiger partial charge in [0.2, 0.25) is 11.7 Å². The van der Waals surface area contributed by atoms with Gasteiger partial charge in [0.15, 0.2) is 0 Å². The summed E-state index contributed by atoms with van der Waals surface area (Å²) < 4.78 is 9.29. The number of fused-ring (bicyclic) bond motifs is 2. The first-order chi connectivity index (χ1) is 15.6. The lowest BCUT2D eigenvalue weighted by Crippen LogP contribution is -2.40. The van der Waals surface area contributed by atoms with Gasteiger partial charge in [0.1, 0.15) is 11.7 Å². The summed E-state index contributed by atoms with van der Waals surface area (Å²) in [5.41, 5.74) is 5.25. The Bertz CT molecular complexity index is 1460. The van der Waals surface area contributed by atoms with Gasteiger partial charge in [-0.05, 0) is 30.7 Å². The van der Waals surface area contributed by atoms with Crippen molar-refractivity contribution in [1.29, 1.82) is 0 Å². The smallest absolute Gasteiger partial charge is 0.292 e. The van der Waals surface area contributed by atoms with E-state index in [1.165, 1.54) is 6.20 Å². The molecule has 0 aliphatic carbocycles. The SMILES string of the molecule is Cc1cccn2nc([C@H]3c4nc[nH]c4CCN3C(=O)c3cnc(-c4ccn(C)n4)o3)cc12. The summed E-state index contributed by atoms with van der Waals surface area (Å²) in [6.45, 7) is 2.55. The summed E-state index contributed by atoms with van der Waals surface area (Å²) in [6.07, 6.45) is 7.50. The minimum absolute atomic E-state index is 0.162. The summed E-state index contributed by atoms with van der Waals surface area (Å²) in [6, 6.07) is 7.37. The molecule has 0 radical (unpaired) electrons. The number of rotatable bonds is 3. The van der Waals surface area contributed by atoms with Crippen molar-refractivity contribution >= 4 is 11.4 Å². The van der Waals surface area contributed by atoms with E-state index in [9.17, 15) is 4.79 Å². The topological polar surface area (TPSA) is 110 Å². The Morgan fingerprint density at radius 1 is 1.22 bits per heavy atom. The number of pyridine rings is 1. The second kappa shape index (κ2) is 6.91. The highest BCUT2D eigenvalue weighted by Crippen LogP contribution is 2.35. The number of hydrogen-bond donors (Lipinski definition) is 1. The van der Waals surface area contributed by atoms with E-state index in [0.717, 1.165) is 28.2 Å². The summed E-state index contributed by atoms with van der Waals surface area (Å²) in [4.78, 5) is 27.3. The Labute approximate surface area is 182 Å². The number of aromatic amines is 1. The molecule has 0 bridgehead atoms.